The first kappa shape index (κ1) is 17.1. The number of hydrogen-bond donors (Lipinski definition) is 1. The molecule has 1 N–H and O–H groups in total. The van der Waals surface area contributed by atoms with Crippen LogP contribution in [0.4, 0.5) is 10.1 Å². The Labute approximate surface area is 148 Å². The van der Waals surface area contributed by atoms with Crippen molar-refractivity contribution in [1.82, 2.24) is 9.55 Å². The fourth-order valence-electron chi connectivity index (χ4n) is 2.66. The quantitative estimate of drug-likeness (QED) is 0.775. The number of nitrogens with one attached hydrogen (secondary N) is 1. The molecule has 0 aliphatic carbocycles. The van der Waals surface area contributed by atoms with Crippen LogP contribution in [0.15, 0.2) is 47.3 Å². The molecule has 0 saturated heterocycles. The summed E-state index contributed by atoms with van der Waals surface area (Å²) in [6, 6.07) is 10.0. The summed E-state index contributed by atoms with van der Waals surface area (Å²) in [5.74, 6) is -0.764. The molecule has 0 saturated carbocycles. The maximum absolute atomic E-state index is 13.9. The lowest BCUT2D eigenvalue weighted by Crippen LogP contribution is -2.34. The van der Waals surface area contributed by atoms with Gasteiger partial charge in [-0.3, -0.25) is 14.2 Å². The number of rotatable bonds is 3. The zero-order valence-corrected chi connectivity index (χ0v) is 14.3. The van der Waals surface area contributed by atoms with Crippen molar-refractivity contribution in [3.05, 3.63) is 69.5 Å². The van der Waals surface area contributed by atoms with Crippen molar-refractivity contribution in [3.8, 4) is 0 Å². The van der Waals surface area contributed by atoms with Gasteiger partial charge in [-0.1, -0.05) is 23.7 Å². The van der Waals surface area contributed by atoms with E-state index in [9.17, 15) is 14.0 Å². The number of para-hydroxylation sites is 1. The molecule has 1 atom stereocenters. The molecule has 0 unspecified atom stereocenters. The Morgan fingerprint density at radius 2 is 2.00 bits per heavy atom. The molecule has 7 heteroatoms. The van der Waals surface area contributed by atoms with Crippen LogP contribution in [0.2, 0.25) is 5.02 Å². The second kappa shape index (κ2) is 6.64. The number of halogens is 2. The van der Waals surface area contributed by atoms with E-state index in [4.69, 9.17) is 11.6 Å². The fourth-order valence-corrected chi connectivity index (χ4v) is 2.82. The normalized spacial score (nSPS) is 12.2. The summed E-state index contributed by atoms with van der Waals surface area (Å²) in [6.45, 7) is 3.22. The summed E-state index contributed by atoms with van der Waals surface area (Å²) in [7, 11) is 0. The van der Waals surface area contributed by atoms with Gasteiger partial charge in [-0.2, -0.15) is 0 Å². The number of benzene rings is 2. The average molecular weight is 360 g/mol. The van der Waals surface area contributed by atoms with Gasteiger partial charge in [0.05, 0.1) is 16.6 Å². The van der Waals surface area contributed by atoms with E-state index in [1.807, 2.05) is 0 Å². The monoisotopic (exact) mass is 359 g/mol. The number of fused-ring (bicyclic) bond motifs is 1. The van der Waals surface area contributed by atoms with Crippen molar-refractivity contribution >= 4 is 34.1 Å². The minimum atomic E-state index is -0.861. The van der Waals surface area contributed by atoms with E-state index in [0.29, 0.717) is 16.7 Å². The molecule has 2 aromatic carbocycles. The molecule has 1 aromatic heterocycles. The summed E-state index contributed by atoms with van der Waals surface area (Å²) in [5, 5.41) is 3.13. The summed E-state index contributed by atoms with van der Waals surface area (Å²) < 4.78 is 15.2. The highest BCUT2D eigenvalue weighted by molar-refractivity contribution is 6.30. The summed E-state index contributed by atoms with van der Waals surface area (Å²) in [6.07, 6.45) is 0. The molecule has 3 aromatic rings. The number of aryl methyl sites for hydroxylation is 1. The summed E-state index contributed by atoms with van der Waals surface area (Å²) in [4.78, 5) is 29.6. The molecule has 25 heavy (non-hydrogen) atoms. The second-order valence-electron chi connectivity index (χ2n) is 5.64. The van der Waals surface area contributed by atoms with Gasteiger partial charge in [-0.25, -0.2) is 9.37 Å². The molecule has 0 bridgehead atoms. The molecule has 0 spiro atoms. The van der Waals surface area contributed by atoms with E-state index < -0.39 is 17.8 Å². The van der Waals surface area contributed by atoms with Gasteiger partial charge in [0, 0.05) is 5.02 Å². The fraction of sp³-hybridized carbons (Fsp3) is 0.167. The maximum Gasteiger partial charge on any atom is 0.262 e. The highest BCUT2D eigenvalue weighted by Crippen LogP contribution is 2.20. The van der Waals surface area contributed by atoms with E-state index in [1.165, 1.54) is 16.7 Å². The maximum atomic E-state index is 13.9. The molecule has 0 aliphatic heterocycles. The number of amides is 1. The van der Waals surface area contributed by atoms with Crippen molar-refractivity contribution in [2.24, 2.45) is 0 Å². The molecule has 1 heterocycles. The Morgan fingerprint density at radius 3 is 2.72 bits per heavy atom. The zero-order valence-electron chi connectivity index (χ0n) is 13.6. The van der Waals surface area contributed by atoms with Crippen molar-refractivity contribution in [1.29, 1.82) is 0 Å². The SMILES string of the molecule is Cc1nc2ccccc2c(=O)n1[C@H](C)C(=O)Nc1ccc(Cl)cc1F. The summed E-state index contributed by atoms with van der Waals surface area (Å²) in [5.41, 5.74) is 0.251. The van der Waals surface area contributed by atoms with Gasteiger partial charge in [0.15, 0.2) is 0 Å². The topological polar surface area (TPSA) is 64.0 Å². The molecule has 0 aliphatic rings. The van der Waals surface area contributed by atoms with Gasteiger partial charge >= 0.3 is 0 Å². The van der Waals surface area contributed by atoms with Crippen molar-refractivity contribution in [2.45, 2.75) is 19.9 Å². The number of nitrogens with zero attached hydrogens (tertiary/aromatic N) is 2. The molecule has 128 valence electrons. The zero-order chi connectivity index (χ0) is 18.1. The van der Waals surface area contributed by atoms with Crippen molar-refractivity contribution < 1.29 is 9.18 Å². The van der Waals surface area contributed by atoms with E-state index in [-0.39, 0.29) is 16.3 Å². The van der Waals surface area contributed by atoms with Crippen molar-refractivity contribution in [3.63, 3.8) is 0 Å². The molecule has 5 nitrogen and oxygen atoms in total. The molecule has 1 amide bonds. The Morgan fingerprint density at radius 1 is 1.28 bits per heavy atom. The van der Waals surface area contributed by atoms with E-state index in [2.05, 4.69) is 10.3 Å². The predicted molar refractivity (Wildman–Crippen MR) is 95.5 cm³/mol. The second-order valence-corrected chi connectivity index (χ2v) is 6.08. The third-order valence-corrected chi connectivity index (χ3v) is 4.17. The lowest BCUT2D eigenvalue weighted by Gasteiger charge is -2.18. The lowest BCUT2D eigenvalue weighted by molar-refractivity contribution is -0.119. The Balaban J connectivity index is 1.97. The van der Waals surface area contributed by atoms with Gasteiger partial charge in [-0.15, -0.1) is 0 Å². The molecule has 0 radical (unpaired) electrons. The lowest BCUT2D eigenvalue weighted by atomic mass is 10.2. The third kappa shape index (κ3) is 3.25. The highest BCUT2D eigenvalue weighted by atomic mass is 35.5. The molecule has 0 fully saturated rings. The van der Waals surface area contributed by atoms with Crippen LogP contribution < -0.4 is 10.9 Å². The summed E-state index contributed by atoms with van der Waals surface area (Å²) >= 11 is 5.70. The third-order valence-electron chi connectivity index (χ3n) is 3.94. The largest absolute Gasteiger partial charge is 0.322 e. The van der Waals surface area contributed by atoms with E-state index in [0.717, 1.165) is 6.07 Å². The molecular formula is C18H15ClFN3O2. The number of anilines is 1. The predicted octanol–water partition coefficient (Wildman–Crippen LogP) is 3.70. The van der Waals surface area contributed by atoms with Crippen LogP contribution in [-0.2, 0) is 4.79 Å². The number of carbonyl (C=O) groups is 1. The first-order chi connectivity index (χ1) is 11.9. The minimum absolute atomic E-state index is 0.000649. The van der Waals surface area contributed by atoms with Crippen LogP contribution in [0, 0.1) is 12.7 Å². The standard InChI is InChI=1S/C18H15ClFN3O2/c1-10(17(24)22-16-8-7-12(19)9-14(16)20)23-11(2)21-15-6-4-3-5-13(15)18(23)25/h3-10H,1-2H3,(H,22,24)/t10-/m1/s1. The smallest absolute Gasteiger partial charge is 0.262 e. The number of hydrogen-bond acceptors (Lipinski definition) is 3. The van der Waals surface area contributed by atoms with Crippen LogP contribution in [0.25, 0.3) is 10.9 Å². The van der Waals surface area contributed by atoms with Gasteiger partial charge in [-0.05, 0) is 44.2 Å². The number of aromatic nitrogens is 2. The number of carbonyl (C=O) groups excluding carboxylic acids is 1. The van der Waals surface area contributed by atoms with Gasteiger partial charge in [0.25, 0.3) is 5.56 Å². The van der Waals surface area contributed by atoms with Gasteiger partial charge in [0.1, 0.15) is 17.7 Å². The first-order valence-electron chi connectivity index (χ1n) is 7.62. The van der Waals surface area contributed by atoms with E-state index in [1.54, 1.807) is 38.1 Å². The minimum Gasteiger partial charge on any atom is -0.322 e. The van der Waals surface area contributed by atoms with Crippen molar-refractivity contribution in [2.75, 3.05) is 5.32 Å². The van der Waals surface area contributed by atoms with Gasteiger partial charge < -0.3 is 5.32 Å². The van der Waals surface area contributed by atoms with Crippen LogP contribution in [0.1, 0.15) is 18.8 Å². The molecule has 3 rings (SSSR count). The van der Waals surface area contributed by atoms with Crippen LogP contribution in [-0.4, -0.2) is 15.5 Å². The average Bonchev–Trinajstić information content (AvgIpc) is 2.57. The highest BCUT2D eigenvalue weighted by Gasteiger charge is 2.21. The van der Waals surface area contributed by atoms with E-state index >= 15 is 0 Å². The van der Waals surface area contributed by atoms with Crippen LogP contribution in [0.5, 0.6) is 0 Å². The van der Waals surface area contributed by atoms with Crippen LogP contribution >= 0.6 is 11.6 Å². The Hall–Kier alpha value is -2.73. The van der Waals surface area contributed by atoms with Gasteiger partial charge in [0.2, 0.25) is 5.91 Å². The Bertz CT molecular complexity index is 1030. The van der Waals surface area contributed by atoms with Crippen LogP contribution in [0.3, 0.4) is 0 Å². The molecular weight excluding hydrogens is 345 g/mol. The first-order valence-corrected chi connectivity index (χ1v) is 8.00. The Kier molecular flexibility index (Phi) is 4.55.